The van der Waals surface area contributed by atoms with Crippen LogP contribution < -0.4 is 15.1 Å². The van der Waals surface area contributed by atoms with Crippen molar-refractivity contribution < 1.29 is 9.59 Å². The van der Waals surface area contributed by atoms with E-state index >= 15 is 0 Å². The van der Waals surface area contributed by atoms with Crippen LogP contribution in [0.2, 0.25) is 0 Å². The van der Waals surface area contributed by atoms with Crippen molar-refractivity contribution in [3.05, 3.63) is 12.3 Å². The summed E-state index contributed by atoms with van der Waals surface area (Å²) in [6, 6.07) is 1.96. The van der Waals surface area contributed by atoms with Crippen LogP contribution in [0.15, 0.2) is 12.3 Å². The summed E-state index contributed by atoms with van der Waals surface area (Å²) < 4.78 is 0. The van der Waals surface area contributed by atoms with E-state index < -0.39 is 0 Å². The van der Waals surface area contributed by atoms with Crippen LogP contribution in [-0.4, -0.2) is 72.5 Å². The minimum atomic E-state index is -0.0704. The highest BCUT2D eigenvalue weighted by molar-refractivity contribution is 5.84. The predicted molar refractivity (Wildman–Crippen MR) is 103 cm³/mol. The molecule has 0 bridgehead atoms. The van der Waals surface area contributed by atoms with E-state index in [0.29, 0.717) is 32.5 Å². The Hall–Kier alpha value is -2.38. The molecule has 3 aliphatic heterocycles. The molecular weight excluding hydrogens is 344 g/mol. The summed E-state index contributed by atoms with van der Waals surface area (Å²) in [5, 5.41) is 2.81. The molecule has 27 heavy (non-hydrogen) atoms. The molecule has 0 aromatic carbocycles. The lowest BCUT2D eigenvalue weighted by atomic mass is 9.97. The molecule has 1 N–H and O–H groups in total. The fourth-order valence-corrected chi connectivity index (χ4v) is 4.12. The summed E-state index contributed by atoms with van der Waals surface area (Å²) in [5.41, 5.74) is 0. The molecule has 1 aromatic rings. The van der Waals surface area contributed by atoms with Gasteiger partial charge in [0.15, 0.2) is 0 Å². The SMILES string of the molecule is O=C1CCC(C(=O)N2CCN(c3ccnc(N4CCCCC4)n3)CC2)CN1. The van der Waals surface area contributed by atoms with Crippen LogP contribution in [0.25, 0.3) is 0 Å². The van der Waals surface area contributed by atoms with Crippen LogP contribution in [0, 0.1) is 5.92 Å². The summed E-state index contributed by atoms with van der Waals surface area (Å²) >= 11 is 0. The van der Waals surface area contributed by atoms with Crippen molar-refractivity contribution in [3.8, 4) is 0 Å². The lowest BCUT2D eigenvalue weighted by Gasteiger charge is -2.38. The molecule has 4 heterocycles. The monoisotopic (exact) mass is 372 g/mol. The molecule has 3 aliphatic rings. The smallest absolute Gasteiger partial charge is 0.227 e. The first-order valence-electron chi connectivity index (χ1n) is 10.1. The summed E-state index contributed by atoms with van der Waals surface area (Å²) in [6.07, 6.45) is 6.66. The molecule has 146 valence electrons. The molecular formula is C19H28N6O2. The number of carbonyl (C=O) groups excluding carboxylic acids is 2. The molecule has 2 amide bonds. The maximum Gasteiger partial charge on any atom is 0.227 e. The lowest BCUT2D eigenvalue weighted by Crippen LogP contribution is -2.52. The third-order valence-corrected chi connectivity index (χ3v) is 5.80. The van der Waals surface area contributed by atoms with E-state index in [9.17, 15) is 9.59 Å². The van der Waals surface area contributed by atoms with Crippen molar-refractivity contribution in [2.45, 2.75) is 32.1 Å². The van der Waals surface area contributed by atoms with Crippen molar-refractivity contribution in [1.29, 1.82) is 0 Å². The van der Waals surface area contributed by atoms with Gasteiger partial charge in [0.2, 0.25) is 17.8 Å². The normalized spacial score (nSPS) is 23.9. The fourth-order valence-electron chi connectivity index (χ4n) is 4.12. The van der Waals surface area contributed by atoms with Gasteiger partial charge in [0.05, 0.1) is 5.92 Å². The zero-order valence-electron chi connectivity index (χ0n) is 15.8. The molecule has 1 atom stereocenters. The van der Waals surface area contributed by atoms with Crippen LogP contribution in [0.4, 0.5) is 11.8 Å². The van der Waals surface area contributed by atoms with Gasteiger partial charge >= 0.3 is 0 Å². The van der Waals surface area contributed by atoms with E-state index in [2.05, 4.69) is 20.1 Å². The van der Waals surface area contributed by atoms with Crippen molar-refractivity contribution in [2.75, 3.05) is 55.6 Å². The number of nitrogens with one attached hydrogen (secondary N) is 1. The summed E-state index contributed by atoms with van der Waals surface area (Å²) in [7, 11) is 0. The van der Waals surface area contributed by atoms with Crippen LogP contribution >= 0.6 is 0 Å². The highest BCUT2D eigenvalue weighted by Crippen LogP contribution is 2.21. The highest BCUT2D eigenvalue weighted by atomic mass is 16.2. The van der Waals surface area contributed by atoms with Gasteiger partial charge in [0.25, 0.3) is 0 Å². The molecule has 1 unspecified atom stereocenters. The van der Waals surface area contributed by atoms with Gasteiger partial charge in [0.1, 0.15) is 5.82 Å². The Balaban J connectivity index is 1.33. The van der Waals surface area contributed by atoms with Gasteiger partial charge < -0.3 is 20.0 Å². The minimum Gasteiger partial charge on any atom is -0.355 e. The third kappa shape index (κ3) is 4.14. The Morgan fingerprint density at radius 3 is 2.52 bits per heavy atom. The fraction of sp³-hybridized carbons (Fsp3) is 0.684. The number of rotatable bonds is 3. The summed E-state index contributed by atoms with van der Waals surface area (Å²) in [5.74, 6) is 1.92. The van der Waals surface area contributed by atoms with Gasteiger partial charge in [0, 0.05) is 58.4 Å². The average Bonchev–Trinajstić information content (AvgIpc) is 2.75. The Labute approximate surface area is 159 Å². The third-order valence-electron chi connectivity index (χ3n) is 5.80. The first-order valence-corrected chi connectivity index (χ1v) is 10.1. The van der Waals surface area contributed by atoms with E-state index in [4.69, 9.17) is 4.98 Å². The molecule has 0 radical (unpaired) electrons. The van der Waals surface area contributed by atoms with Crippen LogP contribution in [-0.2, 0) is 9.59 Å². The standard InChI is InChI=1S/C19H28N6O2/c26-17-5-4-15(14-21-17)18(27)24-12-10-23(11-13-24)16-6-7-20-19(22-16)25-8-2-1-3-9-25/h6-7,15H,1-5,8-14H2,(H,21,26). The molecule has 3 fully saturated rings. The van der Waals surface area contributed by atoms with Crippen molar-refractivity contribution in [3.63, 3.8) is 0 Å². The molecule has 1 aromatic heterocycles. The summed E-state index contributed by atoms with van der Waals surface area (Å²) in [4.78, 5) is 39.7. The number of piperidine rings is 2. The van der Waals surface area contributed by atoms with Crippen molar-refractivity contribution in [1.82, 2.24) is 20.2 Å². The number of hydrogen-bond donors (Lipinski definition) is 1. The quantitative estimate of drug-likeness (QED) is 0.839. The van der Waals surface area contributed by atoms with Gasteiger partial charge in [-0.2, -0.15) is 4.98 Å². The van der Waals surface area contributed by atoms with E-state index in [1.165, 1.54) is 19.3 Å². The van der Waals surface area contributed by atoms with E-state index in [0.717, 1.165) is 37.9 Å². The second-order valence-electron chi connectivity index (χ2n) is 7.61. The Morgan fingerprint density at radius 2 is 1.81 bits per heavy atom. The number of piperazine rings is 1. The Morgan fingerprint density at radius 1 is 1.04 bits per heavy atom. The highest BCUT2D eigenvalue weighted by Gasteiger charge is 2.30. The zero-order chi connectivity index (χ0) is 18.6. The number of aromatic nitrogens is 2. The molecule has 0 spiro atoms. The van der Waals surface area contributed by atoms with Crippen LogP contribution in [0.1, 0.15) is 32.1 Å². The first kappa shape index (κ1) is 18.0. The number of amides is 2. The number of carbonyl (C=O) groups is 2. The average molecular weight is 372 g/mol. The van der Waals surface area contributed by atoms with E-state index in [1.807, 2.05) is 17.2 Å². The van der Waals surface area contributed by atoms with Crippen molar-refractivity contribution >= 4 is 23.6 Å². The van der Waals surface area contributed by atoms with Gasteiger partial charge in [-0.1, -0.05) is 0 Å². The predicted octanol–water partition coefficient (Wildman–Crippen LogP) is 0.642. The lowest BCUT2D eigenvalue weighted by molar-refractivity contribution is -0.137. The summed E-state index contributed by atoms with van der Waals surface area (Å²) in [6.45, 7) is 5.50. The molecule has 3 saturated heterocycles. The second-order valence-corrected chi connectivity index (χ2v) is 7.61. The van der Waals surface area contributed by atoms with E-state index in [-0.39, 0.29) is 17.7 Å². The maximum absolute atomic E-state index is 12.7. The topological polar surface area (TPSA) is 81.7 Å². The maximum atomic E-state index is 12.7. The number of hydrogen-bond acceptors (Lipinski definition) is 6. The van der Waals surface area contributed by atoms with Crippen LogP contribution in [0.3, 0.4) is 0 Å². The van der Waals surface area contributed by atoms with Gasteiger partial charge in [-0.05, 0) is 31.7 Å². The number of anilines is 2. The minimum absolute atomic E-state index is 0.0529. The van der Waals surface area contributed by atoms with Crippen LogP contribution in [0.5, 0.6) is 0 Å². The Bertz CT molecular complexity index is 673. The molecule has 4 rings (SSSR count). The second kappa shape index (κ2) is 8.10. The van der Waals surface area contributed by atoms with Gasteiger partial charge in [-0.15, -0.1) is 0 Å². The molecule has 8 heteroatoms. The van der Waals surface area contributed by atoms with Gasteiger partial charge in [-0.25, -0.2) is 4.98 Å². The number of nitrogens with zero attached hydrogens (tertiary/aromatic N) is 5. The van der Waals surface area contributed by atoms with E-state index in [1.54, 1.807) is 0 Å². The Kier molecular flexibility index (Phi) is 5.40. The largest absolute Gasteiger partial charge is 0.355 e. The van der Waals surface area contributed by atoms with Crippen molar-refractivity contribution in [2.24, 2.45) is 5.92 Å². The molecule has 0 aliphatic carbocycles. The zero-order valence-corrected chi connectivity index (χ0v) is 15.8. The molecule has 0 saturated carbocycles. The molecule has 8 nitrogen and oxygen atoms in total. The first-order chi connectivity index (χ1) is 13.2. The van der Waals surface area contributed by atoms with Gasteiger partial charge in [-0.3, -0.25) is 9.59 Å².